The Labute approximate surface area is 152 Å². The minimum atomic E-state index is 0.777. The molecule has 0 unspecified atom stereocenters. The minimum Gasteiger partial charge on any atom is -0.360 e. The normalized spacial score (nSPS) is 14.6. The summed E-state index contributed by atoms with van der Waals surface area (Å²) in [5.74, 6) is 0. The summed E-state index contributed by atoms with van der Waals surface area (Å²) < 4.78 is 0. The lowest BCUT2D eigenvalue weighted by Crippen LogP contribution is -2.49. The van der Waals surface area contributed by atoms with E-state index < -0.39 is 0 Å². The number of anilines is 2. The van der Waals surface area contributed by atoms with Crippen molar-refractivity contribution in [2.75, 3.05) is 36.4 Å². The predicted molar refractivity (Wildman–Crippen MR) is 106 cm³/mol. The molecule has 24 heavy (non-hydrogen) atoms. The zero-order chi connectivity index (χ0) is 17.1. The second-order valence-corrected chi connectivity index (χ2v) is 7.55. The minimum absolute atomic E-state index is 0.777. The van der Waals surface area contributed by atoms with Gasteiger partial charge in [0.1, 0.15) is 0 Å². The van der Waals surface area contributed by atoms with Crippen molar-refractivity contribution >= 4 is 45.6 Å². The van der Waals surface area contributed by atoms with Crippen LogP contribution in [0.5, 0.6) is 0 Å². The van der Waals surface area contributed by atoms with Crippen molar-refractivity contribution in [1.82, 2.24) is 4.90 Å². The van der Waals surface area contributed by atoms with Crippen LogP contribution in [0, 0.1) is 13.8 Å². The summed E-state index contributed by atoms with van der Waals surface area (Å²) in [6.07, 6.45) is 0.910. The quantitative estimate of drug-likeness (QED) is 0.668. The van der Waals surface area contributed by atoms with Gasteiger partial charge in [0.2, 0.25) is 0 Å². The number of hydrogen-bond donors (Lipinski definition) is 1. The van der Waals surface area contributed by atoms with Gasteiger partial charge in [-0.25, -0.2) is 0 Å². The molecule has 1 aliphatic rings. The molecule has 1 aliphatic heterocycles. The first-order valence-corrected chi connectivity index (χ1v) is 9.22. The molecule has 0 saturated carbocycles. The van der Waals surface area contributed by atoms with E-state index in [1.165, 1.54) is 11.1 Å². The Morgan fingerprint density at radius 3 is 2.38 bits per heavy atom. The molecule has 2 heterocycles. The highest BCUT2D eigenvalue weighted by Crippen LogP contribution is 2.26. The van der Waals surface area contributed by atoms with Crippen LogP contribution in [-0.4, -0.2) is 42.5 Å². The Morgan fingerprint density at radius 2 is 1.79 bits per heavy atom. The van der Waals surface area contributed by atoms with Crippen LogP contribution < -0.4 is 10.2 Å². The SMILES string of the molecule is Cc1cc(C)cc(NC(=S)N2CCN(c3ccc(C=O)s3)CC2)c1. The van der Waals surface area contributed by atoms with E-state index in [9.17, 15) is 4.79 Å². The van der Waals surface area contributed by atoms with Crippen molar-refractivity contribution in [1.29, 1.82) is 0 Å². The van der Waals surface area contributed by atoms with Gasteiger partial charge in [-0.05, 0) is 61.5 Å². The Morgan fingerprint density at radius 1 is 1.12 bits per heavy atom. The summed E-state index contributed by atoms with van der Waals surface area (Å²) in [5.41, 5.74) is 3.51. The lowest BCUT2D eigenvalue weighted by atomic mass is 10.1. The third-order valence-corrected chi connectivity index (χ3v) is 5.51. The zero-order valence-corrected chi connectivity index (χ0v) is 15.5. The van der Waals surface area contributed by atoms with Gasteiger partial charge in [-0.3, -0.25) is 4.79 Å². The standard InChI is InChI=1S/C18H21N3OS2/c1-13-9-14(2)11-15(10-13)19-18(23)21-7-5-20(6-8-21)17-4-3-16(12-22)24-17/h3-4,9-12H,5-8H2,1-2H3,(H,19,23). The first-order chi connectivity index (χ1) is 11.5. The molecule has 1 fully saturated rings. The summed E-state index contributed by atoms with van der Waals surface area (Å²) in [4.78, 5) is 16.1. The number of piperazine rings is 1. The summed E-state index contributed by atoms with van der Waals surface area (Å²) >= 11 is 7.12. The van der Waals surface area contributed by atoms with Crippen molar-refractivity contribution in [3.05, 3.63) is 46.3 Å². The Balaban J connectivity index is 1.57. The number of aldehydes is 1. The highest BCUT2D eigenvalue weighted by atomic mass is 32.1. The van der Waals surface area contributed by atoms with E-state index in [2.05, 4.69) is 47.2 Å². The molecule has 2 aromatic rings. The van der Waals surface area contributed by atoms with Crippen molar-refractivity contribution in [2.24, 2.45) is 0 Å². The third kappa shape index (κ3) is 3.94. The lowest BCUT2D eigenvalue weighted by molar-refractivity contribution is 0.112. The second kappa shape index (κ2) is 7.32. The number of thiocarbonyl (C=S) groups is 1. The zero-order valence-electron chi connectivity index (χ0n) is 13.9. The van der Waals surface area contributed by atoms with Crippen molar-refractivity contribution < 1.29 is 4.79 Å². The number of carbonyl (C=O) groups excluding carboxylic acids is 1. The molecule has 126 valence electrons. The fraction of sp³-hybridized carbons (Fsp3) is 0.333. The lowest BCUT2D eigenvalue weighted by Gasteiger charge is -2.36. The molecule has 1 N–H and O–H groups in total. The Hall–Kier alpha value is -1.92. The maximum atomic E-state index is 10.8. The summed E-state index contributed by atoms with van der Waals surface area (Å²) in [6, 6.07) is 10.3. The van der Waals surface area contributed by atoms with Crippen molar-refractivity contribution in [2.45, 2.75) is 13.8 Å². The average Bonchev–Trinajstić information content (AvgIpc) is 3.03. The molecular weight excluding hydrogens is 338 g/mol. The smallest absolute Gasteiger partial charge is 0.173 e. The molecule has 0 bridgehead atoms. The molecule has 6 heteroatoms. The molecule has 1 aromatic carbocycles. The fourth-order valence-electron chi connectivity index (χ4n) is 2.95. The highest BCUT2D eigenvalue weighted by Gasteiger charge is 2.20. The molecule has 0 radical (unpaired) electrons. The fourth-order valence-corrected chi connectivity index (χ4v) is 4.13. The molecule has 4 nitrogen and oxygen atoms in total. The first-order valence-electron chi connectivity index (χ1n) is 7.99. The number of rotatable bonds is 3. The van der Waals surface area contributed by atoms with E-state index in [0.717, 1.165) is 53.1 Å². The molecule has 0 atom stereocenters. The Bertz CT molecular complexity index is 728. The summed E-state index contributed by atoms with van der Waals surface area (Å²) in [7, 11) is 0. The van der Waals surface area contributed by atoms with Crippen LogP contribution in [-0.2, 0) is 0 Å². The van der Waals surface area contributed by atoms with Gasteiger partial charge >= 0.3 is 0 Å². The predicted octanol–water partition coefficient (Wildman–Crippen LogP) is 3.70. The van der Waals surface area contributed by atoms with Crippen LogP contribution >= 0.6 is 23.6 Å². The van der Waals surface area contributed by atoms with Crippen LogP contribution in [0.1, 0.15) is 20.8 Å². The van der Waals surface area contributed by atoms with Gasteiger partial charge in [0, 0.05) is 31.9 Å². The topological polar surface area (TPSA) is 35.6 Å². The van der Waals surface area contributed by atoms with E-state index in [1.54, 1.807) is 11.3 Å². The van der Waals surface area contributed by atoms with Crippen molar-refractivity contribution in [3.8, 4) is 0 Å². The van der Waals surface area contributed by atoms with Crippen molar-refractivity contribution in [3.63, 3.8) is 0 Å². The first kappa shape index (κ1) is 16.9. The van der Waals surface area contributed by atoms with Crippen LogP contribution in [0.2, 0.25) is 0 Å². The van der Waals surface area contributed by atoms with Gasteiger partial charge in [0.15, 0.2) is 11.4 Å². The Kier molecular flexibility index (Phi) is 5.16. The monoisotopic (exact) mass is 359 g/mol. The number of carbonyl (C=O) groups is 1. The van der Waals surface area contributed by atoms with E-state index in [0.29, 0.717) is 0 Å². The van der Waals surface area contributed by atoms with Gasteiger partial charge in [0.05, 0.1) is 9.88 Å². The average molecular weight is 360 g/mol. The number of nitrogens with zero attached hydrogens (tertiary/aromatic N) is 2. The van der Waals surface area contributed by atoms with E-state index in [4.69, 9.17) is 12.2 Å². The summed E-state index contributed by atoms with van der Waals surface area (Å²) in [6.45, 7) is 7.76. The number of benzene rings is 1. The molecule has 0 spiro atoms. The molecular formula is C18H21N3OS2. The van der Waals surface area contributed by atoms with Crippen LogP contribution in [0.15, 0.2) is 30.3 Å². The van der Waals surface area contributed by atoms with Crippen LogP contribution in [0.3, 0.4) is 0 Å². The largest absolute Gasteiger partial charge is 0.360 e. The molecule has 3 rings (SSSR count). The highest BCUT2D eigenvalue weighted by molar-refractivity contribution is 7.80. The van der Waals surface area contributed by atoms with E-state index in [1.807, 2.05) is 12.1 Å². The van der Waals surface area contributed by atoms with Gasteiger partial charge in [-0.15, -0.1) is 11.3 Å². The van der Waals surface area contributed by atoms with Gasteiger partial charge in [-0.1, -0.05) is 6.07 Å². The third-order valence-electron chi connectivity index (χ3n) is 4.08. The second-order valence-electron chi connectivity index (χ2n) is 6.07. The van der Waals surface area contributed by atoms with Crippen LogP contribution in [0.4, 0.5) is 10.7 Å². The molecule has 1 saturated heterocycles. The number of nitrogens with one attached hydrogen (secondary N) is 1. The molecule has 0 aliphatic carbocycles. The number of thiophene rings is 1. The van der Waals surface area contributed by atoms with Gasteiger partial charge < -0.3 is 15.1 Å². The van der Waals surface area contributed by atoms with Gasteiger partial charge in [-0.2, -0.15) is 0 Å². The van der Waals surface area contributed by atoms with Crippen LogP contribution in [0.25, 0.3) is 0 Å². The summed E-state index contributed by atoms with van der Waals surface area (Å²) in [5, 5.41) is 5.29. The van der Waals surface area contributed by atoms with E-state index >= 15 is 0 Å². The molecule has 1 aromatic heterocycles. The maximum Gasteiger partial charge on any atom is 0.173 e. The number of aryl methyl sites for hydroxylation is 2. The van der Waals surface area contributed by atoms with Gasteiger partial charge in [0.25, 0.3) is 0 Å². The number of hydrogen-bond acceptors (Lipinski definition) is 4. The van der Waals surface area contributed by atoms with E-state index in [-0.39, 0.29) is 0 Å². The maximum absolute atomic E-state index is 10.8. The molecule has 0 amide bonds.